The van der Waals surface area contributed by atoms with Crippen molar-refractivity contribution in [3.8, 4) is 0 Å². The van der Waals surface area contributed by atoms with Crippen molar-refractivity contribution >= 4 is 15.8 Å². The molecule has 1 saturated carbocycles. The van der Waals surface area contributed by atoms with Gasteiger partial charge in [-0.05, 0) is 49.9 Å². The number of hydrogen-bond acceptors (Lipinski definition) is 3. The van der Waals surface area contributed by atoms with E-state index in [-0.39, 0.29) is 10.9 Å². The SMILES string of the molecule is CC(C1CC1)n1nccc1NS(=O)(=O)c1ccc(F)cc1. The first kappa shape index (κ1) is 14.1. The molecule has 1 aromatic heterocycles. The summed E-state index contributed by atoms with van der Waals surface area (Å²) in [6, 6.07) is 6.51. The number of halogens is 1. The molecule has 0 bridgehead atoms. The average molecular weight is 309 g/mol. The normalized spacial score (nSPS) is 16.7. The maximum absolute atomic E-state index is 12.9. The van der Waals surface area contributed by atoms with Gasteiger partial charge < -0.3 is 0 Å². The van der Waals surface area contributed by atoms with Crippen molar-refractivity contribution < 1.29 is 12.8 Å². The van der Waals surface area contributed by atoms with Crippen molar-refractivity contribution in [2.24, 2.45) is 5.92 Å². The Morgan fingerprint density at radius 2 is 1.95 bits per heavy atom. The molecule has 1 atom stereocenters. The lowest BCUT2D eigenvalue weighted by Crippen LogP contribution is -2.18. The predicted octanol–water partition coefficient (Wildman–Crippen LogP) is 2.79. The second kappa shape index (κ2) is 5.14. The van der Waals surface area contributed by atoms with Gasteiger partial charge in [-0.25, -0.2) is 17.5 Å². The zero-order chi connectivity index (χ0) is 15.0. The lowest BCUT2D eigenvalue weighted by Gasteiger charge is -2.16. The van der Waals surface area contributed by atoms with Gasteiger partial charge in [-0.1, -0.05) is 0 Å². The highest BCUT2D eigenvalue weighted by Crippen LogP contribution is 2.40. The maximum Gasteiger partial charge on any atom is 0.263 e. The third-order valence-corrected chi connectivity index (χ3v) is 5.09. The molecule has 7 heteroatoms. The molecule has 2 aromatic rings. The van der Waals surface area contributed by atoms with Crippen LogP contribution in [0.4, 0.5) is 10.2 Å². The number of hydrogen-bond donors (Lipinski definition) is 1. The fourth-order valence-electron chi connectivity index (χ4n) is 2.31. The quantitative estimate of drug-likeness (QED) is 0.923. The molecule has 5 nitrogen and oxygen atoms in total. The van der Waals surface area contributed by atoms with Gasteiger partial charge in [0.05, 0.1) is 17.1 Å². The second-order valence-electron chi connectivity index (χ2n) is 5.30. The minimum absolute atomic E-state index is 0.0238. The molecule has 1 aromatic carbocycles. The molecule has 0 saturated heterocycles. The minimum atomic E-state index is -3.74. The van der Waals surface area contributed by atoms with Gasteiger partial charge in [-0.3, -0.25) is 4.72 Å². The van der Waals surface area contributed by atoms with Gasteiger partial charge in [0.2, 0.25) is 0 Å². The Kier molecular flexibility index (Phi) is 3.44. The Bertz CT molecular complexity index is 736. The van der Waals surface area contributed by atoms with E-state index in [0.717, 1.165) is 25.0 Å². The van der Waals surface area contributed by atoms with Crippen molar-refractivity contribution in [2.45, 2.75) is 30.7 Å². The van der Waals surface area contributed by atoms with E-state index in [2.05, 4.69) is 9.82 Å². The first-order chi connectivity index (χ1) is 9.97. The van der Waals surface area contributed by atoms with Crippen LogP contribution in [0.2, 0.25) is 0 Å². The first-order valence-corrected chi connectivity index (χ1v) is 8.27. The van der Waals surface area contributed by atoms with E-state index in [0.29, 0.717) is 11.7 Å². The highest BCUT2D eigenvalue weighted by Gasteiger charge is 2.31. The fourth-order valence-corrected chi connectivity index (χ4v) is 3.36. The van der Waals surface area contributed by atoms with Crippen LogP contribution in [-0.4, -0.2) is 18.2 Å². The first-order valence-electron chi connectivity index (χ1n) is 6.79. The van der Waals surface area contributed by atoms with Gasteiger partial charge in [0, 0.05) is 6.07 Å². The Morgan fingerprint density at radius 1 is 1.29 bits per heavy atom. The Labute approximate surface area is 122 Å². The van der Waals surface area contributed by atoms with Crippen LogP contribution in [0.15, 0.2) is 41.4 Å². The summed E-state index contributed by atoms with van der Waals surface area (Å²) in [5, 5.41) is 4.20. The zero-order valence-electron chi connectivity index (χ0n) is 11.5. The summed E-state index contributed by atoms with van der Waals surface area (Å²) < 4.78 is 41.7. The number of rotatable bonds is 5. The number of benzene rings is 1. The largest absolute Gasteiger partial charge is 0.264 e. The molecule has 1 heterocycles. The van der Waals surface area contributed by atoms with Crippen LogP contribution in [0.25, 0.3) is 0 Å². The van der Waals surface area contributed by atoms with Gasteiger partial charge in [-0.15, -0.1) is 0 Å². The summed E-state index contributed by atoms with van der Waals surface area (Å²) in [6.07, 6.45) is 3.86. The van der Waals surface area contributed by atoms with E-state index in [4.69, 9.17) is 0 Å². The lowest BCUT2D eigenvalue weighted by atomic mass is 10.2. The molecule has 1 aliphatic rings. The van der Waals surface area contributed by atoms with E-state index in [1.54, 1.807) is 16.9 Å². The molecule has 1 fully saturated rings. The van der Waals surface area contributed by atoms with E-state index in [9.17, 15) is 12.8 Å². The van der Waals surface area contributed by atoms with Crippen LogP contribution >= 0.6 is 0 Å². The number of anilines is 1. The molecule has 112 valence electrons. The Balaban J connectivity index is 1.86. The standard InChI is InChI=1S/C14H16FN3O2S/c1-10(11-2-3-11)18-14(8-9-16-18)17-21(19,20)13-6-4-12(15)5-7-13/h4-11,17H,2-3H2,1H3. The third-order valence-electron chi connectivity index (χ3n) is 3.72. The number of nitrogens with zero attached hydrogens (tertiary/aromatic N) is 2. The summed E-state index contributed by atoms with van der Waals surface area (Å²) in [5.74, 6) is 0.513. The molecule has 1 aliphatic carbocycles. The van der Waals surface area contributed by atoms with Crippen molar-refractivity contribution in [3.63, 3.8) is 0 Å². The van der Waals surface area contributed by atoms with E-state index >= 15 is 0 Å². The minimum Gasteiger partial charge on any atom is -0.264 e. The van der Waals surface area contributed by atoms with Gasteiger partial charge in [0.1, 0.15) is 11.6 Å². The van der Waals surface area contributed by atoms with Gasteiger partial charge in [0.25, 0.3) is 10.0 Å². The molecule has 3 rings (SSSR count). The lowest BCUT2D eigenvalue weighted by molar-refractivity contribution is 0.446. The maximum atomic E-state index is 12.9. The van der Waals surface area contributed by atoms with Crippen molar-refractivity contribution in [1.29, 1.82) is 0 Å². The highest BCUT2D eigenvalue weighted by molar-refractivity contribution is 7.92. The van der Waals surface area contributed by atoms with Gasteiger partial charge >= 0.3 is 0 Å². The number of sulfonamides is 1. The van der Waals surface area contributed by atoms with Crippen LogP contribution in [-0.2, 0) is 10.0 Å². The molecule has 1 unspecified atom stereocenters. The van der Waals surface area contributed by atoms with Crippen molar-refractivity contribution in [3.05, 3.63) is 42.3 Å². The predicted molar refractivity (Wildman–Crippen MR) is 76.9 cm³/mol. The molecule has 0 radical (unpaired) electrons. The summed E-state index contributed by atoms with van der Waals surface area (Å²) >= 11 is 0. The van der Waals surface area contributed by atoms with E-state index in [1.165, 1.54) is 12.1 Å². The summed E-state index contributed by atoms with van der Waals surface area (Å²) in [4.78, 5) is 0.0238. The van der Waals surface area contributed by atoms with Crippen LogP contribution in [0, 0.1) is 11.7 Å². The summed E-state index contributed by atoms with van der Waals surface area (Å²) in [6.45, 7) is 2.03. The molecular weight excluding hydrogens is 293 g/mol. The van der Waals surface area contributed by atoms with Crippen LogP contribution < -0.4 is 4.72 Å². The third kappa shape index (κ3) is 2.92. The molecule has 21 heavy (non-hydrogen) atoms. The van der Waals surface area contributed by atoms with Crippen molar-refractivity contribution in [1.82, 2.24) is 9.78 Å². The smallest absolute Gasteiger partial charge is 0.263 e. The van der Waals surface area contributed by atoms with Crippen molar-refractivity contribution in [2.75, 3.05) is 4.72 Å². The topological polar surface area (TPSA) is 64.0 Å². The zero-order valence-corrected chi connectivity index (χ0v) is 12.3. The molecule has 0 spiro atoms. The second-order valence-corrected chi connectivity index (χ2v) is 6.98. The number of nitrogens with one attached hydrogen (secondary N) is 1. The van der Waals surface area contributed by atoms with Crippen LogP contribution in [0.1, 0.15) is 25.8 Å². The Hall–Kier alpha value is -1.89. The highest BCUT2D eigenvalue weighted by atomic mass is 32.2. The Morgan fingerprint density at radius 3 is 2.57 bits per heavy atom. The fraction of sp³-hybridized carbons (Fsp3) is 0.357. The molecular formula is C14H16FN3O2S. The van der Waals surface area contributed by atoms with Crippen LogP contribution in [0.5, 0.6) is 0 Å². The molecule has 0 aliphatic heterocycles. The monoisotopic (exact) mass is 309 g/mol. The molecule has 1 N–H and O–H groups in total. The molecule has 0 amide bonds. The summed E-state index contributed by atoms with van der Waals surface area (Å²) in [7, 11) is -3.74. The van der Waals surface area contributed by atoms with Gasteiger partial charge in [0.15, 0.2) is 0 Å². The average Bonchev–Trinajstić information content (AvgIpc) is 3.19. The summed E-state index contributed by atoms with van der Waals surface area (Å²) in [5.41, 5.74) is 0. The van der Waals surface area contributed by atoms with E-state index < -0.39 is 15.8 Å². The van der Waals surface area contributed by atoms with Crippen LogP contribution in [0.3, 0.4) is 0 Å². The van der Waals surface area contributed by atoms with E-state index in [1.807, 2.05) is 6.92 Å². The number of aromatic nitrogens is 2. The van der Waals surface area contributed by atoms with Gasteiger partial charge in [-0.2, -0.15) is 5.10 Å².